The van der Waals surface area contributed by atoms with Gasteiger partial charge in [-0.2, -0.15) is 0 Å². The number of hydrogen-bond acceptors (Lipinski definition) is 6. The normalized spacial score (nSPS) is 12.3. The Hall–Kier alpha value is -4.32. The molecule has 1 aliphatic rings. The molecule has 34 heavy (non-hydrogen) atoms. The number of amides is 2. The van der Waals surface area contributed by atoms with E-state index in [1.54, 1.807) is 0 Å². The van der Waals surface area contributed by atoms with Gasteiger partial charge in [-0.1, -0.05) is 54.5 Å². The van der Waals surface area contributed by atoms with Crippen molar-refractivity contribution >= 4 is 23.9 Å². The van der Waals surface area contributed by atoms with Crippen LogP contribution in [0.1, 0.15) is 29.9 Å². The quantitative estimate of drug-likeness (QED) is 0.403. The maximum Gasteiger partial charge on any atom is 0.407 e. The van der Waals surface area contributed by atoms with Gasteiger partial charge in [-0.3, -0.25) is 9.59 Å². The number of ether oxygens (including phenoxy) is 2. The summed E-state index contributed by atoms with van der Waals surface area (Å²) in [4.78, 5) is 46.3. The standard InChI is InChI=1S/C25H24N2O7/c1-33-23(29)13-12-21(24(30)31)27-22(28)11-6-14-26-25(32)34-15-20-18-9-4-2-7-16(18)17-8-3-5-10-19(17)20/h2-5,7-10,20-21H,12-15H2,1H3,(H,26,32)(H,27,28)(H,30,31)/t21-/m0/s1. The lowest BCUT2D eigenvalue weighted by atomic mass is 9.98. The molecular formula is C25H24N2O7. The predicted molar refractivity (Wildman–Crippen MR) is 122 cm³/mol. The van der Waals surface area contributed by atoms with Crippen LogP contribution < -0.4 is 10.6 Å². The zero-order chi connectivity index (χ0) is 24.5. The molecule has 9 nitrogen and oxygen atoms in total. The van der Waals surface area contributed by atoms with E-state index in [0.29, 0.717) is 0 Å². The van der Waals surface area contributed by atoms with Crippen LogP contribution in [0.5, 0.6) is 0 Å². The van der Waals surface area contributed by atoms with Gasteiger partial charge in [0.15, 0.2) is 0 Å². The molecule has 2 aromatic carbocycles. The van der Waals surface area contributed by atoms with Crippen molar-refractivity contribution in [3.63, 3.8) is 0 Å². The van der Waals surface area contributed by atoms with E-state index in [1.807, 2.05) is 48.5 Å². The molecule has 0 unspecified atom stereocenters. The number of carboxylic acids is 1. The lowest BCUT2D eigenvalue weighted by Crippen LogP contribution is -2.40. The van der Waals surface area contributed by atoms with Crippen LogP contribution in [0.25, 0.3) is 11.1 Å². The predicted octanol–water partition coefficient (Wildman–Crippen LogP) is 2.05. The van der Waals surface area contributed by atoms with Crippen LogP contribution in [0.15, 0.2) is 48.5 Å². The van der Waals surface area contributed by atoms with Crippen LogP contribution in [0.2, 0.25) is 0 Å². The molecule has 9 heteroatoms. The van der Waals surface area contributed by atoms with Crippen molar-refractivity contribution in [1.29, 1.82) is 0 Å². The minimum Gasteiger partial charge on any atom is -0.480 e. The third kappa shape index (κ3) is 6.13. The van der Waals surface area contributed by atoms with Crippen molar-refractivity contribution in [2.24, 2.45) is 0 Å². The molecule has 0 saturated heterocycles. The van der Waals surface area contributed by atoms with Crippen molar-refractivity contribution in [2.45, 2.75) is 24.8 Å². The Kier molecular flexibility index (Phi) is 8.24. The lowest BCUT2D eigenvalue weighted by molar-refractivity contribution is -0.143. The van der Waals surface area contributed by atoms with Crippen molar-refractivity contribution in [3.8, 4) is 23.0 Å². The average molecular weight is 464 g/mol. The topological polar surface area (TPSA) is 131 Å². The van der Waals surface area contributed by atoms with E-state index >= 15 is 0 Å². The van der Waals surface area contributed by atoms with Gasteiger partial charge < -0.3 is 25.2 Å². The molecule has 0 aromatic heterocycles. The number of benzene rings is 2. The second kappa shape index (κ2) is 11.5. The second-order valence-electron chi connectivity index (χ2n) is 7.46. The zero-order valence-electron chi connectivity index (χ0n) is 18.5. The van der Waals surface area contributed by atoms with Crippen LogP contribution in [0.3, 0.4) is 0 Å². The number of esters is 1. The highest BCUT2D eigenvalue weighted by Gasteiger charge is 2.29. The van der Waals surface area contributed by atoms with Gasteiger partial charge in [-0.05, 0) is 34.6 Å². The van der Waals surface area contributed by atoms with Gasteiger partial charge in [-0.25, -0.2) is 9.59 Å². The number of fused-ring (bicyclic) bond motifs is 3. The molecule has 3 rings (SSSR count). The summed E-state index contributed by atoms with van der Waals surface area (Å²) in [5.74, 6) is 1.84. The number of alkyl carbamates (subject to hydrolysis) is 1. The highest BCUT2D eigenvalue weighted by molar-refractivity contribution is 5.96. The second-order valence-corrected chi connectivity index (χ2v) is 7.46. The monoisotopic (exact) mass is 464 g/mol. The Morgan fingerprint density at radius 3 is 2.24 bits per heavy atom. The van der Waals surface area contributed by atoms with Crippen molar-refractivity contribution < 1.29 is 33.8 Å². The smallest absolute Gasteiger partial charge is 0.407 e. The molecule has 0 saturated carbocycles. The number of carbonyl (C=O) groups is 4. The van der Waals surface area contributed by atoms with Crippen LogP contribution in [0, 0.1) is 11.8 Å². The maximum absolute atomic E-state index is 12.1. The first-order valence-electron chi connectivity index (χ1n) is 10.6. The van der Waals surface area contributed by atoms with Gasteiger partial charge in [0.05, 0.1) is 13.7 Å². The molecule has 1 aliphatic carbocycles. The molecule has 0 aliphatic heterocycles. The highest BCUT2D eigenvalue weighted by Crippen LogP contribution is 2.44. The van der Waals surface area contributed by atoms with E-state index in [4.69, 9.17) is 9.84 Å². The van der Waals surface area contributed by atoms with E-state index < -0.39 is 30.0 Å². The molecule has 0 fully saturated rings. The van der Waals surface area contributed by atoms with Gasteiger partial charge in [0.25, 0.3) is 5.91 Å². The fourth-order valence-electron chi connectivity index (χ4n) is 3.71. The van der Waals surface area contributed by atoms with Gasteiger partial charge in [0.1, 0.15) is 12.6 Å². The third-order valence-corrected chi connectivity index (χ3v) is 5.33. The first kappa shape index (κ1) is 24.3. The first-order valence-corrected chi connectivity index (χ1v) is 10.6. The van der Waals surface area contributed by atoms with Crippen LogP contribution in [-0.4, -0.2) is 55.3 Å². The van der Waals surface area contributed by atoms with Crippen LogP contribution in [0.4, 0.5) is 4.79 Å². The zero-order valence-corrected chi connectivity index (χ0v) is 18.5. The van der Waals surface area contributed by atoms with Crippen molar-refractivity contribution in [1.82, 2.24) is 10.6 Å². The number of nitrogens with one attached hydrogen (secondary N) is 2. The Bertz CT molecular complexity index is 1100. The summed E-state index contributed by atoms with van der Waals surface area (Å²) < 4.78 is 9.82. The number of aliphatic carboxylic acids is 1. The Balaban J connectivity index is 1.46. The summed E-state index contributed by atoms with van der Waals surface area (Å²) >= 11 is 0. The molecule has 1 atom stereocenters. The van der Waals surface area contributed by atoms with Gasteiger partial charge in [-0.15, -0.1) is 0 Å². The summed E-state index contributed by atoms with van der Waals surface area (Å²) in [5.41, 5.74) is 4.42. The number of carbonyl (C=O) groups excluding carboxylic acids is 3. The third-order valence-electron chi connectivity index (χ3n) is 5.33. The molecule has 0 radical (unpaired) electrons. The summed E-state index contributed by atoms with van der Waals surface area (Å²) in [6.07, 6.45) is -0.976. The summed E-state index contributed by atoms with van der Waals surface area (Å²) in [6, 6.07) is 14.7. The maximum atomic E-state index is 12.1. The average Bonchev–Trinajstić information content (AvgIpc) is 3.16. The van der Waals surface area contributed by atoms with Gasteiger partial charge >= 0.3 is 18.0 Å². The minimum atomic E-state index is -1.30. The molecule has 3 N–H and O–H groups in total. The fraction of sp³-hybridized carbons (Fsp3) is 0.280. The Morgan fingerprint density at radius 1 is 1.03 bits per heavy atom. The minimum absolute atomic E-state index is 0.0760. The molecule has 2 amide bonds. The van der Waals surface area contributed by atoms with Crippen molar-refractivity contribution in [2.75, 3.05) is 20.3 Å². The van der Waals surface area contributed by atoms with Gasteiger partial charge in [0, 0.05) is 12.3 Å². The molecule has 0 bridgehead atoms. The Labute approximate surface area is 196 Å². The number of hydrogen-bond donors (Lipinski definition) is 3. The molecule has 2 aromatic rings. The number of carboxylic acid groups (broad SMARTS) is 1. The molecule has 176 valence electrons. The molecular weight excluding hydrogens is 440 g/mol. The van der Waals surface area contributed by atoms with E-state index in [9.17, 15) is 19.2 Å². The van der Waals surface area contributed by atoms with Crippen molar-refractivity contribution in [3.05, 3.63) is 59.7 Å². The van der Waals surface area contributed by atoms with Gasteiger partial charge in [0.2, 0.25) is 0 Å². The largest absolute Gasteiger partial charge is 0.480 e. The summed E-state index contributed by atoms with van der Waals surface area (Å²) in [6.45, 7) is -0.0156. The lowest BCUT2D eigenvalue weighted by Gasteiger charge is -2.14. The molecule has 0 spiro atoms. The SMILES string of the molecule is COC(=O)CC[C@H](NC(=O)C#CCNC(=O)OCC1c2ccccc2-c2ccccc21)C(=O)O. The van der Waals surface area contributed by atoms with E-state index in [0.717, 1.165) is 22.3 Å². The van der Waals surface area contributed by atoms with E-state index in [2.05, 4.69) is 27.2 Å². The highest BCUT2D eigenvalue weighted by atomic mass is 16.5. The molecule has 0 heterocycles. The summed E-state index contributed by atoms with van der Waals surface area (Å²) in [5, 5.41) is 13.8. The van der Waals surface area contributed by atoms with E-state index in [1.165, 1.54) is 7.11 Å². The van der Waals surface area contributed by atoms with Crippen LogP contribution in [-0.2, 0) is 23.9 Å². The summed E-state index contributed by atoms with van der Waals surface area (Å²) in [7, 11) is 1.19. The number of rotatable bonds is 8. The van der Waals surface area contributed by atoms with Crippen LogP contribution >= 0.6 is 0 Å². The number of methoxy groups -OCH3 is 1. The first-order chi connectivity index (χ1) is 16.4. The Morgan fingerprint density at radius 2 is 1.65 bits per heavy atom. The fourth-order valence-corrected chi connectivity index (χ4v) is 3.71. The van der Waals surface area contributed by atoms with E-state index in [-0.39, 0.29) is 31.9 Å².